The molecular formula is C17H28IN3O3. The lowest BCUT2D eigenvalue weighted by molar-refractivity contribution is 0.339. The third-order valence-corrected chi connectivity index (χ3v) is 4.00. The number of nitrogens with one attached hydrogen (secondary N) is 2. The summed E-state index contributed by atoms with van der Waals surface area (Å²) >= 11 is 0. The van der Waals surface area contributed by atoms with Gasteiger partial charge in [0.1, 0.15) is 0 Å². The SMILES string of the molecule is CCNC(=NCc1cc(OC)c(O)c(OC)c1)NC1CCCC1.I. The molecule has 0 amide bonds. The van der Waals surface area contributed by atoms with E-state index in [1.54, 1.807) is 12.1 Å². The van der Waals surface area contributed by atoms with Crippen molar-refractivity contribution in [1.82, 2.24) is 10.6 Å². The van der Waals surface area contributed by atoms with Crippen LogP contribution in [0.2, 0.25) is 0 Å². The van der Waals surface area contributed by atoms with E-state index < -0.39 is 0 Å². The van der Waals surface area contributed by atoms with Crippen molar-refractivity contribution in [2.45, 2.75) is 45.2 Å². The highest BCUT2D eigenvalue weighted by Gasteiger charge is 2.16. The number of guanidine groups is 1. The maximum absolute atomic E-state index is 9.95. The minimum Gasteiger partial charge on any atom is -0.502 e. The lowest BCUT2D eigenvalue weighted by Crippen LogP contribution is -2.42. The van der Waals surface area contributed by atoms with Gasteiger partial charge in [-0.3, -0.25) is 0 Å². The topological polar surface area (TPSA) is 75.1 Å². The van der Waals surface area contributed by atoms with Crippen LogP contribution in [0.4, 0.5) is 0 Å². The van der Waals surface area contributed by atoms with Crippen LogP contribution in [0.1, 0.15) is 38.2 Å². The molecule has 1 saturated carbocycles. The van der Waals surface area contributed by atoms with E-state index in [2.05, 4.69) is 22.5 Å². The van der Waals surface area contributed by atoms with Crippen molar-refractivity contribution in [3.05, 3.63) is 17.7 Å². The highest BCUT2D eigenvalue weighted by molar-refractivity contribution is 14.0. The molecule has 1 aromatic rings. The molecular weight excluding hydrogens is 421 g/mol. The molecule has 1 aliphatic carbocycles. The number of hydrogen-bond acceptors (Lipinski definition) is 4. The Labute approximate surface area is 161 Å². The Kier molecular flexibility index (Phi) is 9.02. The molecule has 0 spiro atoms. The van der Waals surface area contributed by atoms with E-state index in [0.717, 1.165) is 18.1 Å². The summed E-state index contributed by atoms with van der Waals surface area (Å²) in [5.74, 6) is 1.62. The van der Waals surface area contributed by atoms with Gasteiger partial charge in [-0.05, 0) is 37.5 Å². The minimum absolute atomic E-state index is 0. The highest BCUT2D eigenvalue weighted by atomic mass is 127. The normalized spacial score (nSPS) is 14.9. The van der Waals surface area contributed by atoms with Crippen molar-refractivity contribution in [2.75, 3.05) is 20.8 Å². The molecule has 24 heavy (non-hydrogen) atoms. The van der Waals surface area contributed by atoms with Crippen LogP contribution >= 0.6 is 24.0 Å². The molecule has 0 saturated heterocycles. The van der Waals surface area contributed by atoms with Gasteiger partial charge in [0.2, 0.25) is 5.75 Å². The van der Waals surface area contributed by atoms with E-state index in [0.29, 0.717) is 24.1 Å². The molecule has 136 valence electrons. The molecule has 0 bridgehead atoms. The van der Waals surface area contributed by atoms with Gasteiger partial charge in [0, 0.05) is 12.6 Å². The van der Waals surface area contributed by atoms with Gasteiger partial charge in [-0.2, -0.15) is 0 Å². The van der Waals surface area contributed by atoms with Crippen molar-refractivity contribution >= 4 is 29.9 Å². The lowest BCUT2D eigenvalue weighted by atomic mass is 10.2. The number of ether oxygens (including phenoxy) is 2. The van der Waals surface area contributed by atoms with Crippen LogP contribution in [0.3, 0.4) is 0 Å². The Morgan fingerprint density at radius 1 is 1.21 bits per heavy atom. The van der Waals surface area contributed by atoms with Crippen LogP contribution in [-0.2, 0) is 6.54 Å². The van der Waals surface area contributed by atoms with E-state index in [1.165, 1.54) is 39.9 Å². The van der Waals surface area contributed by atoms with Crippen molar-refractivity contribution in [3.8, 4) is 17.2 Å². The first-order chi connectivity index (χ1) is 11.2. The number of rotatable bonds is 6. The van der Waals surface area contributed by atoms with Crippen LogP contribution in [0.25, 0.3) is 0 Å². The first-order valence-corrected chi connectivity index (χ1v) is 8.16. The summed E-state index contributed by atoms with van der Waals surface area (Å²) in [5, 5.41) is 16.7. The summed E-state index contributed by atoms with van der Waals surface area (Å²) in [5.41, 5.74) is 0.917. The van der Waals surface area contributed by atoms with Gasteiger partial charge < -0.3 is 25.2 Å². The first kappa shape index (κ1) is 20.7. The second-order valence-electron chi connectivity index (χ2n) is 5.67. The molecule has 1 aromatic carbocycles. The average Bonchev–Trinajstić information content (AvgIpc) is 3.06. The van der Waals surface area contributed by atoms with Crippen molar-refractivity contribution in [1.29, 1.82) is 0 Å². The smallest absolute Gasteiger partial charge is 0.200 e. The fourth-order valence-corrected chi connectivity index (χ4v) is 2.79. The quantitative estimate of drug-likeness (QED) is 0.354. The van der Waals surface area contributed by atoms with Gasteiger partial charge in [-0.15, -0.1) is 24.0 Å². The third kappa shape index (κ3) is 5.61. The number of methoxy groups -OCH3 is 2. The monoisotopic (exact) mass is 449 g/mol. The summed E-state index contributed by atoms with van der Waals surface area (Å²) in [6, 6.07) is 4.07. The summed E-state index contributed by atoms with van der Waals surface area (Å²) in [6.45, 7) is 3.36. The number of hydrogen-bond donors (Lipinski definition) is 3. The predicted octanol–water partition coefficient (Wildman–Crippen LogP) is 3.03. The fraction of sp³-hybridized carbons (Fsp3) is 0.588. The number of phenolic OH excluding ortho intramolecular Hbond substituents is 1. The van der Waals surface area contributed by atoms with Crippen LogP contribution < -0.4 is 20.1 Å². The summed E-state index contributed by atoms with van der Waals surface area (Å²) in [6.07, 6.45) is 4.96. The van der Waals surface area contributed by atoms with E-state index >= 15 is 0 Å². The van der Waals surface area contributed by atoms with Gasteiger partial charge in [0.05, 0.1) is 20.8 Å². The van der Waals surface area contributed by atoms with Crippen molar-refractivity contribution < 1.29 is 14.6 Å². The Balaban J connectivity index is 0.00000288. The van der Waals surface area contributed by atoms with Crippen molar-refractivity contribution in [2.24, 2.45) is 4.99 Å². The zero-order chi connectivity index (χ0) is 16.7. The predicted molar refractivity (Wildman–Crippen MR) is 107 cm³/mol. The summed E-state index contributed by atoms with van der Waals surface area (Å²) in [7, 11) is 3.04. The van der Waals surface area contributed by atoms with E-state index in [-0.39, 0.29) is 29.7 Å². The second-order valence-corrected chi connectivity index (χ2v) is 5.67. The molecule has 0 radical (unpaired) electrons. The standard InChI is InChI=1S/C17H27N3O3.HI/c1-4-18-17(20-13-7-5-6-8-13)19-11-12-9-14(22-2)16(21)15(10-12)23-3;/h9-10,13,21H,4-8,11H2,1-3H3,(H2,18,19,20);1H. The number of nitrogens with zero attached hydrogens (tertiary/aromatic N) is 1. The first-order valence-electron chi connectivity index (χ1n) is 8.16. The van der Waals surface area contributed by atoms with Crippen LogP contribution in [0.15, 0.2) is 17.1 Å². The van der Waals surface area contributed by atoms with E-state index in [4.69, 9.17) is 9.47 Å². The van der Waals surface area contributed by atoms with Gasteiger partial charge in [0.15, 0.2) is 17.5 Å². The second kappa shape index (κ2) is 10.5. The minimum atomic E-state index is 0. The third-order valence-electron chi connectivity index (χ3n) is 4.00. The number of benzene rings is 1. The highest BCUT2D eigenvalue weighted by Crippen LogP contribution is 2.37. The molecule has 0 atom stereocenters. The molecule has 0 heterocycles. The largest absolute Gasteiger partial charge is 0.502 e. The van der Waals surface area contributed by atoms with Gasteiger partial charge in [0.25, 0.3) is 0 Å². The zero-order valence-corrected chi connectivity index (χ0v) is 16.9. The molecule has 7 heteroatoms. The molecule has 0 aromatic heterocycles. The molecule has 0 aliphatic heterocycles. The molecule has 3 N–H and O–H groups in total. The van der Waals surface area contributed by atoms with Crippen LogP contribution in [0, 0.1) is 0 Å². The molecule has 1 fully saturated rings. The molecule has 2 rings (SSSR count). The average molecular weight is 449 g/mol. The van der Waals surface area contributed by atoms with Crippen LogP contribution in [0.5, 0.6) is 17.2 Å². The van der Waals surface area contributed by atoms with Crippen LogP contribution in [-0.4, -0.2) is 37.9 Å². The Morgan fingerprint density at radius 2 is 1.79 bits per heavy atom. The molecule has 1 aliphatic rings. The number of aromatic hydroxyl groups is 1. The van der Waals surface area contributed by atoms with Gasteiger partial charge >= 0.3 is 0 Å². The Bertz CT molecular complexity index is 521. The van der Waals surface area contributed by atoms with Gasteiger partial charge in [-0.1, -0.05) is 12.8 Å². The molecule has 6 nitrogen and oxygen atoms in total. The Morgan fingerprint density at radius 3 is 2.29 bits per heavy atom. The lowest BCUT2D eigenvalue weighted by Gasteiger charge is -2.17. The van der Waals surface area contributed by atoms with E-state index in [1.807, 2.05) is 0 Å². The number of phenols is 1. The Hall–Kier alpha value is -1.38. The fourth-order valence-electron chi connectivity index (χ4n) is 2.79. The van der Waals surface area contributed by atoms with Crippen molar-refractivity contribution in [3.63, 3.8) is 0 Å². The van der Waals surface area contributed by atoms with Gasteiger partial charge in [-0.25, -0.2) is 4.99 Å². The summed E-state index contributed by atoms with van der Waals surface area (Å²) in [4.78, 5) is 4.63. The van der Waals surface area contributed by atoms with E-state index in [9.17, 15) is 5.11 Å². The molecule has 0 unspecified atom stereocenters. The number of halogens is 1. The zero-order valence-electron chi connectivity index (χ0n) is 14.6. The number of aliphatic imine (C=N–C) groups is 1. The maximum Gasteiger partial charge on any atom is 0.200 e. The summed E-state index contributed by atoms with van der Waals surface area (Å²) < 4.78 is 10.4. The maximum atomic E-state index is 9.95.